The Morgan fingerprint density at radius 1 is 1.05 bits per heavy atom. The molecule has 5 rings (SSSR count). The second kappa shape index (κ2) is 13.0. The number of nitrogens with zero attached hydrogens (tertiary/aromatic N) is 3. The highest BCUT2D eigenvalue weighted by molar-refractivity contribution is 6.05. The van der Waals surface area contributed by atoms with Gasteiger partial charge in [-0.05, 0) is 93.1 Å². The first kappa shape index (κ1) is 27.1. The van der Waals surface area contributed by atoms with Gasteiger partial charge < -0.3 is 24.8 Å². The zero-order valence-corrected chi connectivity index (χ0v) is 22.6. The molecule has 1 aliphatic rings. The van der Waals surface area contributed by atoms with E-state index in [1.807, 2.05) is 56.3 Å². The van der Waals surface area contributed by atoms with E-state index in [9.17, 15) is 4.79 Å². The first-order chi connectivity index (χ1) is 19.5. The maximum atomic E-state index is 12.4. The summed E-state index contributed by atoms with van der Waals surface area (Å²) in [5.41, 5.74) is 4.07. The Morgan fingerprint density at radius 3 is 2.75 bits per heavy atom. The maximum Gasteiger partial charge on any atom is 0.300 e. The molecule has 0 radical (unpaired) electrons. The molecule has 9 nitrogen and oxygen atoms in total. The lowest BCUT2D eigenvalue weighted by Gasteiger charge is -2.22. The number of carbonyl (C=O) groups excluding carboxylic acids is 1. The number of ether oxygens (including phenoxy) is 3. The summed E-state index contributed by atoms with van der Waals surface area (Å²) >= 11 is 0. The molecule has 2 N–H and O–H groups in total. The van der Waals surface area contributed by atoms with E-state index in [2.05, 4.69) is 37.4 Å². The Morgan fingerprint density at radius 2 is 1.95 bits per heavy atom. The molecule has 2 aromatic heterocycles. The van der Waals surface area contributed by atoms with Gasteiger partial charge in [-0.15, -0.1) is 0 Å². The Kier molecular flexibility index (Phi) is 8.81. The van der Waals surface area contributed by atoms with Crippen molar-refractivity contribution in [3.05, 3.63) is 72.3 Å². The predicted octanol–water partition coefficient (Wildman–Crippen LogP) is 6.05. The van der Waals surface area contributed by atoms with Crippen LogP contribution in [0.15, 0.2) is 61.1 Å². The number of anilines is 3. The Labute approximate surface area is 233 Å². The predicted molar refractivity (Wildman–Crippen MR) is 154 cm³/mol. The number of aryl methyl sites for hydroxylation is 2. The van der Waals surface area contributed by atoms with Crippen LogP contribution in [0.25, 0.3) is 10.9 Å². The molecule has 0 spiro atoms. The molecule has 0 aliphatic carbocycles. The standard InChI is InChI=1S/C31H31N5O4/c1-21-17-23(11-14-28(21)40-25-12-9-22(2)32-19-25)36-31-26-18-24(10-13-27(26)33-20-34-31)35-29(37)7-3-5-15-38-30-8-4-6-16-39-30/h9-14,17-20,30H,4-6,8,15-16H2,1-2H3,(H,35,37)(H,33,34,36). The number of hydrogen-bond donors (Lipinski definition) is 2. The van der Waals surface area contributed by atoms with Gasteiger partial charge in [0.15, 0.2) is 6.29 Å². The molecule has 1 amide bonds. The van der Waals surface area contributed by atoms with Crippen LogP contribution in [0.2, 0.25) is 0 Å². The SMILES string of the molecule is Cc1ccc(Oc2ccc(Nc3ncnc4ccc(NC(=O)C#CCCOC5CCCCO5)cc34)cc2C)cn1. The number of rotatable bonds is 8. The molecule has 0 bridgehead atoms. The summed E-state index contributed by atoms with van der Waals surface area (Å²) < 4.78 is 17.2. The van der Waals surface area contributed by atoms with E-state index in [4.69, 9.17) is 14.2 Å². The van der Waals surface area contributed by atoms with Gasteiger partial charge in [-0.2, -0.15) is 0 Å². The second-order valence-electron chi connectivity index (χ2n) is 9.47. The van der Waals surface area contributed by atoms with Gasteiger partial charge in [0.2, 0.25) is 0 Å². The van der Waals surface area contributed by atoms with Crippen molar-refractivity contribution in [3.63, 3.8) is 0 Å². The van der Waals surface area contributed by atoms with Crippen LogP contribution in [-0.4, -0.2) is 40.4 Å². The molecular weight excluding hydrogens is 506 g/mol. The van der Waals surface area contributed by atoms with E-state index in [1.165, 1.54) is 6.33 Å². The van der Waals surface area contributed by atoms with Crippen LogP contribution in [0.3, 0.4) is 0 Å². The van der Waals surface area contributed by atoms with Crippen molar-refractivity contribution in [1.29, 1.82) is 0 Å². The Bertz CT molecular complexity index is 1540. The minimum absolute atomic E-state index is 0.154. The van der Waals surface area contributed by atoms with Crippen molar-refractivity contribution in [3.8, 4) is 23.3 Å². The van der Waals surface area contributed by atoms with Crippen LogP contribution in [0.5, 0.6) is 11.5 Å². The summed E-state index contributed by atoms with van der Waals surface area (Å²) in [6.45, 7) is 5.08. The fraction of sp³-hybridized carbons (Fsp3) is 0.290. The highest BCUT2D eigenvalue weighted by Gasteiger charge is 2.13. The molecule has 3 heterocycles. The van der Waals surface area contributed by atoms with Crippen LogP contribution in [0, 0.1) is 25.7 Å². The van der Waals surface area contributed by atoms with Gasteiger partial charge in [0, 0.05) is 35.5 Å². The lowest BCUT2D eigenvalue weighted by atomic mass is 10.1. The molecular formula is C31H31N5O4. The molecule has 1 unspecified atom stereocenters. The van der Waals surface area contributed by atoms with Crippen molar-refractivity contribution in [2.45, 2.75) is 45.8 Å². The number of amides is 1. The summed E-state index contributed by atoms with van der Waals surface area (Å²) in [6.07, 6.45) is 6.60. The van der Waals surface area contributed by atoms with Crippen molar-refractivity contribution in [1.82, 2.24) is 15.0 Å². The van der Waals surface area contributed by atoms with Crippen LogP contribution in [0.4, 0.5) is 17.2 Å². The van der Waals surface area contributed by atoms with Crippen LogP contribution < -0.4 is 15.4 Å². The number of carbonyl (C=O) groups is 1. The molecule has 1 saturated heterocycles. The maximum absolute atomic E-state index is 12.4. The van der Waals surface area contributed by atoms with E-state index in [0.29, 0.717) is 30.3 Å². The van der Waals surface area contributed by atoms with Gasteiger partial charge in [0.25, 0.3) is 5.91 Å². The third kappa shape index (κ3) is 7.32. The van der Waals surface area contributed by atoms with E-state index in [1.54, 1.807) is 12.3 Å². The zero-order valence-electron chi connectivity index (χ0n) is 22.6. The molecule has 1 aliphatic heterocycles. The van der Waals surface area contributed by atoms with Gasteiger partial charge >= 0.3 is 0 Å². The summed E-state index contributed by atoms with van der Waals surface area (Å²) in [5, 5.41) is 6.95. The number of benzene rings is 2. The molecule has 9 heteroatoms. The van der Waals surface area contributed by atoms with E-state index in [-0.39, 0.29) is 6.29 Å². The van der Waals surface area contributed by atoms with Gasteiger partial charge in [0.1, 0.15) is 23.6 Å². The van der Waals surface area contributed by atoms with Gasteiger partial charge in [-0.25, -0.2) is 9.97 Å². The fourth-order valence-electron chi connectivity index (χ4n) is 4.24. The monoisotopic (exact) mass is 537 g/mol. The van der Waals surface area contributed by atoms with Gasteiger partial charge in [-0.1, -0.05) is 5.92 Å². The lowest BCUT2D eigenvalue weighted by Crippen LogP contribution is -2.22. The first-order valence-corrected chi connectivity index (χ1v) is 13.3. The first-order valence-electron chi connectivity index (χ1n) is 13.3. The molecule has 1 fully saturated rings. The minimum atomic E-state index is -0.394. The average Bonchev–Trinajstić information content (AvgIpc) is 2.96. The van der Waals surface area contributed by atoms with E-state index < -0.39 is 5.91 Å². The highest BCUT2D eigenvalue weighted by atomic mass is 16.7. The molecule has 0 saturated carbocycles. The Balaban J connectivity index is 1.22. The quantitative estimate of drug-likeness (QED) is 0.207. The number of aromatic nitrogens is 3. The third-order valence-electron chi connectivity index (χ3n) is 6.31. The third-order valence-corrected chi connectivity index (χ3v) is 6.31. The van der Waals surface area contributed by atoms with Crippen molar-refractivity contribution in [2.24, 2.45) is 0 Å². The fourth-order valence-corrected chi connectivity index (χ4v) is 4.24. The molecule has 40 heavy (non-hydrogen) atoms. The summed E-state index contributed by atoms with van der Waals surface area (Å²) in [6, 6.07) is 15.1. The summed E-state index contributed by atoms with van der Waals surface area (Å²) in [5.74, 6) is 7.12. The van der Waals surface area contributed by atoms with Crippen molar-refractivity contribution >= 4 is 34.0 Å². The number of fused-ring (bicyclic) bond motifs is 1. The van der Waals surface area contributed by atoms with E-state index >= 15 is 0 Å². The molecule has 1 atom stereocenters. The average molecular weight is 538 g/mol. The highest BCUT2D eigenvalue weighted by Crippen LogP contribution is 2.30. The lowest BCUT2D eigenvalue weighted by molar-refractivity contribution is -0.161. The second-order valence-corrected chi connectivity index (χ2v) is 9.47. The van der Waals surface area contributed by atoms with Crippen molar-refractivity contribution < 1.29 is 19.0 Å². The molecule has 204 valence electrons. The summed E-state index contributed by atoms with van der Waals surface area (Å²) in [4.78, 5) is 25.5. The normalized spacial score (nSPS) is 14.7. The van der Waals surface area contributed by atoms with Crippen LogP contribution >= 0.6 is 0 Å². The van der Waals surface area contributed by atoms with Crippen LogP contribution in [0.1, 0.15) is 36.9 Å². The summed E-state index contributed by atoms with van der Waals surface area (Å²) in [7, 11) is 0. The molecule has 2 aromatic carbocycles. The van der Waals surface area contributed by atoms with Gasteiger partial charge in [0.05, 0.1) is 18.3 Å². The Hall–Kier alpha value is -4.52. The molecule has 4 aromatic rings. The van der Waals surface area contributed by atoms with E-state index in [0.717, 1.165) is 59.5 Å². The largest absolute Gasteiger partial charge is 0.455 e. The zero-order chi connectivity index (χ0) is 27.7. The topological polar surface area (TPSA) is 107 Å². The number of hydrogen-bond acceptors (Lipinski definition) is 8. The van der Waals surface area contributed by atoms with Crippen LogP contribution in [-0.2, 0) is 14.3 Å². The van der Waals surface area contributed by atoms with Crippen molar-refractivity contribution in [2.75, 3.05) is 23.8 Å². The van der Waals surface area contributed by atoms with Gasteiger partial charge in [-0.3, -0.25) is 9.78 Å². The smallest absolute Gasteiger partial charge is 0.300 e. The number of pyridine rings is 1. The minimum Gasteiger partial charge on any atom is -0.455 e. The number of nitrogens with one attached hydrogen (secondary N) is 2.